The Balaban J connectivity index is 2.36. The van der Waals surface area contributed by atoms with E-state index in [1.165, 1.54) is 0 Å². The minimum atomic E-state index is -3.55. The third-order valence-corrected chi connectivity index (χ3v) is 5.45. The lowest BCUT2D eigenvalue weighted by atomic mass is 10.0. The number of nitrogens with zero attached hydrogens (tertiary/aromatic N) is 2. The van der Waals surface area contributed by atoms with Crippen molar-refractivity contribution in [3.05, 3.63) is 46.3 Å². The smallest absolute Gasteiger partial charge is 0.241 e. The van der Waals surface area contributed by atoms with Gasteiger partial charge in [0, 0.05) is 13.2 Å². The Kier molecular flexibility index (Phi) is 4.20. The van der Waals surface area contributed by atoms with Crippen LogP contribution in [0, 0.1) is 27.7 Å². The zero-order valence-corrected chi connectivity index (χ0v) is 13.9. The molecule has 0 fully saturated rings. The number of hydrogen-bond donors (Lipinski definition) is 1. The van der Waals surface area contributed by atoms with Crippen LogP contribution in [0.15, 0.2) is 23.2 Å². The van der Waals surface area contributed by atoms with Crippen LogP contribution in [0.25, 0.3) is 0 Å². The number of nitrogens with one attached hydrogen (secondary N) is 1. The van der Waals surface area contributed by atoms with Gasteiger partial charge in [-0.25, -0.2) is 13.1 Å². The Morgan fingerprint density at radius 2 is 1.71 bits per heavy atom. The average molecular weight is 307 g/mol. The van der Waals surface area contributed by atoms with Gasteiger partial charge in [0.25, 0.3) is 0 Å². The van der Waals surface area contributed by atoms with Crippen molar-refractivity contribution in [1.29, 1.82) is 0 Å². The van der Waals surface area contributed by atoms with Crippen LogP contribution in [0.3, 0.4) is 0 Å². The van der Waals surface area contributed by atoms with Crippen molar-refractivity contribution in [2.75, 3.05) is 0 Å². The van der Waals surface area contributed by atoms with Crippen molar-refractivity contribution in [2.45, 2.75) is 39.1 Å². The van der Waals surface area contributed by atoms with Crippen molar-refractivity contribution in [3.63, 3.8) is 0 Å². The van der Waals surface area contributed by atoms with Gasteiger partial charge in [-0.2, -0.15) is 5.10 Å². The lowest BCUT2D eigenvalue weighted by Gasteiger charge is -2.15. The first-order valence-electron chi connectivity index (χ1n) is 6.78. The molecule has 2 aromatic rings. The monoisotopic (exact) mass is 307 g/mol. The third kappa shape index (κ3) is 3.16. The summed E-state index contributed by atoms with van der Waals surface area (Å²) in [6.07, 6.45) is 1.79. The molecule has 6 heteroatoms. The lowest BCUT2D eigenvalue weighted by molar-refractivity contribution is 0.578. The zero-order valence-electron chi connectivity index (χ0n) is 13.1. The topological polar surface area (TPSA) is 64.0 Å². The standard InChI is InChI=1S/C15H21N3O2S/c1-10-8-11(2)13(4)15(12(10)3)21(19,20)16-9-14-6-7-18(5)17-14/h6-8,16H,9H2,1-5H3. The van der Waals surface area contributed by atoms with Gasteiger partial charge < -0.3 is 0 Å². The van der Waals surface area contributed by atoms with Crippen molar-refractivity contribution in [3.8, 4) is 0 Å². The summed E-state index contributed by atoms with van der Waals surface area (Å²) in [4.78, 5) is 0.385. The molecular weight excluding hydrogens is 286 g/mol. The van der Waals surface area contributed by atoms with Crippen LogP contribution in [0.4, 0.5) is 0 Å². The second-order valence-electron chi connectivity index (χ2n) is 5.39. The van der Waals surface area contributed by atoms with Crippen molar-refractivity contribution in [2.24, 2.45) is 7.05 Å². The molecule has 0 spiro atoms. The number of benzene rings is 1. The van der Waals surface area contributed by atoms with Gasteiger partial charge in [-0.1, -0.05) is 6.07 Å². The van der Waals surface area contributed by atoms with E-state index in [9.17, 15) is 8.42 Å². The van der Waals surface area contributed by atoms with Gasteiger partial charge in [-0.15, -0.1) is 0 Å². The zero-order chi connectivity index (χ0) is 15.8. The maximum Gasteiger partial charge on any atom is 0.241 e. The normalized spacial score (nSPS) is 11.9. The second kappa shape index (κ2) is 5.61. The quantitative estimate of drug-likeness (QED) is 0.941. The summed E-state index contributed by atoms with van der Waals surface area (Å²) >= 11 is 0. The number of aryl methyl sites for hydroxylation is 3. The van der Waals surface area contributed by atoms with Gasteiger partial charge in [0.1, 0.15) is 0 Å². The van der Waals surface area contributed by atoms with Crippen LogP contribution < -0.4 is 4.72 Å². The highest BCUT2D eigenvalue weighted by Crippen LogP contribution is 2.25. The molecule has 0 amide bonds. The molecule has 2 rings (SSSR count). The molecule has 0 saturated heterocycles. The van der Waals surface area contributed by atoms with E-state index >= 15 is 0 Å². The Hall–Kier alpha value is -1.66. The Bertz CT molecular complexity index is 750. The summed E-state index contributed by atoms with van der Waals surface area (Å²) in [6.45, 7) is 7.74. The first-order valence-corrected chi connectivity index (χ1v) is 8.26. The summed E-state index contributed by atoms with van der Waals surface area (Å²) < 4.78 is 29.5. The number of hydrogen-bond acceptors (Lipinski definition) is 3. The molecular formula is C15H21N3O2S. The molecule has 0 aliphatic rings. The first-order chi connectivity index (χ1) is 9.72. The fourth-order valence-corrected chi connectivity index (χ4v) is 3.99. The first kappa shape index (κ1) is 15.7. The predicted octanol–water partition coefficient (Wildman–Crippen LogP) is 2.13. The molecule has 0 atom stereocenters. The molecule has 0 radical (unpaired) electrons. The SMILES string of the molecule is Cc1cc(C)c(C)c(S(=O)(=O)NCc2ccn(C)n2)c1C. The maximum atomic E-state index is 12.6. The molecule has 0 bridgehead atoms. The molecule has 1 N–H and O–H groups in total. The fraction of sp³-hybridized carbons (Fsp3) is 0.400. The van der Waals surface area contributed by atoms with Crippen LogP contribution in [0.2, 0.25) is 0 Å². The molecule has 0 unspecified atom stereocenters. The lowest BCUT2D eigenvalue weighted by Crippen LogP contribution is -2.25. The van der Waals surface area contributed by atoms with Crippen LogP contribution >= 0.6 is 0 Å². The van der Waals surface area contributed by atoms with Gasteiger partial charge >= 0.3 is 0 Å². The van der Waals surface area contributed by atoms with E-state index in [1.54, 1.807) is 24.0 Å². The number of rotatable bonds is 4. The molecule has 1 heterocycles. The molecule has 0 saturated carbocycles. The van der Waals surface area contributed by atoms with Gasteiger partial charge in [-0.3, -0.25) is 4.68 Å². The van der Waals surface area contributed by atoms with E-state index in [4.69, 9.17) is 0 Å². The molecule has 5 nitrogen and oxygen atoms in total. The average Bonchev–Trinajstić information content (AvgIpc) is 2.80. The Labute approximate surface area is 126 Å². The van der Waals surface area contributed by atoms with Gasteiger partial charge in [-0.05, 0) is 56.0 Å². The number of sulfonamides is 1. The summed E-state index contributed by atoms with van der Waals surface area (Å²) in [5.41, 5.74) is 4.26. The van der Waals surface area contributed by atoms with Crippen LogP contribution in [0.5, 0.6) is 0 Å². The fourth-order valence-electron chi connectivity index (χ4n) is 2.38. The summed E-state index contributed by atoms with van der Waals surface area (Å²) in [6, 6.07) is 3.81. The van der Waals surface area contributed by atoms with E-state index < -0.39 is 10.0 Å². The molecule has 1 aromatic heterocycles. The minimum absolute atomic E-state index is 0.190. The van der Waals surface area contributed by atoms with Gasteiger partial charge in [0.05, 0.1) is 17.1 Å². The molecule has 21 heavy (non-hydrogen) atoms. The van der Waals surface area contributed by atoms with E-state index in [0.29, 0.717) is 10.6 Å². The van der Waals surface area contributed by atoms with Crippen molar-refractivity contribution < 1.29 is 8.42 Å². The molecule has 1 aromatic carbocycles. The minimum Gasteiger partial charge on any atom is -0.276 e. The predicted molar refractivity (Wildman–Crippen MR) is 82.6 cm³/mol. The van der Waals surface area contributed by atoms with Crippen molar-refractivity contribution in [1.82, 2.24) is 14.5 Å². The maximum absolute atomic E-state index is 12.6. The Morgan fingerprint density at radius 1 is 1.14 bits per heavy atom. The van der Waals surface area contributed by atoms with E-state index in [1.807, 2.05) is 33.8 Å². The van der Waals surface area contributed by atoms with E-state index in [2.05, 4.69) is 9.82 Å². The van der Waals surface area contributed by atoms with Gasteiger partial charge in [0.2, 0.25) is 10.0 Å². The Morgan fingerprint density at radius 3 is 2.19 bits per heavy atom. The van der Waals surface area contributed by atoms with Crippen LogP contribution in [0.1, 0.15) is 27.9 Å². The molecule has 114 valence electrons. The number of aromatic nitrogens is 2. The largest absolute Gasteiger partial charge is 0.276 e. The van der Waals surface area contributed by atoms with E-state index in [0.717, 1.165) is 22.3 Å². The van der Waals surface area contributed by atoms with Crippen molar-refractivity contribution >= 4 is 10.0 Å². The highest BCUT2D eigenvalue weighted by molar-refractivity contribution is 7.89. The summed E-state index contributed by atoms with van der Waals surface area (Å²) in [5, 5.41) is 4.18. The summed E-state index contributed by atoms with van der Waals surface area (Å²) in [5.74, 6) is 0. The summed E-state index contributed by atoms with van der Waals surface area (Å²) in [7, 11) is -1.75. The van der Waals surface area contributed by atoms with E-state index in [-0.39, 0.29) is 6.54 Å². The third-order valence-electron chi connectivity index (χ3n) is 3.78. The van der Waals surface area contributed by atoms with Crippen LogP contribution in [-0.4, -0.2) is 18.2 Å². The highest BCUT2D eigenvalue weighted by Gasteiger charge is 2.22. The van der Waals surface area contributed by atoms with Crippen LogP contribution in [-0.2, 0) is 23.6 Å². The highest BCUT2D eigenvalue weighted by atomic mass is 32.2. The molecule has 0 aliphatic heterocycles. The van der Waals surface area contributed by atoms with Gasteiger partial charge in [0.15, 0.2) is 0 Å². The molecule has 0 aliphatic carbocycles. The second-order valence-corrected chi connectivity index (χ2v) is 7.10.